The molecule has 0 amide bonds. The fourth-order valence-electron chi connectivity index (χ4n) is 2.80. The topological polar surface area (TPSA) is 67.3 Å². The number of hydrogen-bond acceptors (Lipinski definition) is 5. The van der Waals surface area contributed by atoms with E-state index in [0.29, 0.717) is 13.2 Å². The molecule has 106 valence electrons. The summed E-state index contributed by atoms with van der Waals surface area (Å²) in [7, 11) is 0. The Morgan fingerprint density at radius 3 is 2.63 bits per heavy atom. The van der Waals surface area contributed by atoms with Gasteiger partial charge in [-0.3, -0.25) is 0 Å². The van der Waals surface area contributed by atoms with E-state index >= 15 is 0 Å². The van der Waals surface area contributed by atoms with Crippen LogP contribution in [0.25, 0.3) is 0 Å². The fraction of sp³-hybridized carbons (Fsp3) is 0.714. The van der Waals surface area contributed by atoms with Gasteiger partial charge in [0.1, 0.15) is 6.33 Å². The maximum atomic E-state index is 9.79. The Hall–Kier alpha value is -1.04. The van der Waals surface area contributed by atoms with Gasteiger partial charge in [-0.15, -0.1) is 0 Å². The normalized spacial score (nSPS) is 28.9. The molecule has 2 rings (SSSR count). The molecule has 1 aliphatic carbocycles. The number of hydrogen-bond donors (Lipinski definition) is 2. The molecule has 5 heteroatoms. The van der Waals surface area contributed by atoms with Gasteiger partial charge in [0, 0.05) is 36.5 Å². The molecule has 1 fully saturated rings. The summed E-state index contributed by atoms with van der Waals surface area (Å²) in [6.45, 7) is 7.76. The monoisotopic (exact) mass is 265 g/mol. The summed E-state index contributed by atoms with van der Waals surface area (Å²) in [5.41, 5.74) is 0.641. The third-order valence-corrected chi connectivity index (χ3v) is 4.45. The van der Waals surface area contributed by atoms with Crippen molar-refractivity contribution in [3.05, 3.63) is 24.3 Å². The third kappa shape index (κ3) is 2.50. The molecule has 0 bridgehead atoms. The molecule has 0 unspecified atom stereocenters. The predicted molar refractivity (Wildman–Crippen MR) is 72.5 cm³/mol. The SMILES string of the molecule is CCO[C@H]1C[C@](CO)(NCc2cncnc2)C1(C)C. The lowest BCUT2D eigenvalue weighted by atomic mass is 9.54. The van der Waals surface area contributed by atoms with Gasteiger partial charge >= 0.3 is 0 Å². The van der Waals surface area contributed by atoms with Crippen LogP contribution >= 0.6 is 0 Å². The Morgan fingerprint density at radius 2 is 2.11 bits per heavy atom. The molecule has 1 saturated carbocycles. The van der Waals surface area contributed by atoms with E-state index in [1.165, 1.54) is 6.33 Å². The minimum absolute atomic E-state index is 0.0899. The summed E-state index contributed by atoms with van der Waals surface area (Å²) in [4.78, 5) is 7.99. The highest BCUT2D eigenvalue weighted by atomic mass is 16.5. The summed E-state index contributed by atoms with van der Waals surface area (Å²) >= 11 is 0. The second kappa shape index (κ2) is 5.53. The fourth-order valence-corrected chi connectivity index (χ4v) is 2.80. The molecule has 19 heavy (non-hydrogen) atoms. The van der Waals surface area contributed by atoms with Crippen molar-refractivity contribution in [1.29, 1.82) is 0 Å². The van der Waals surface area contributed by atoms with Crippen molar-refractivity contribution >= 4 is 0 Å². The molecule has 0 spiro atoms. The molecular formula is C14H23N3O2. The first kappa shape index (κ1) is 14.4. The smallest absolute Gasteiger partial charge is 0.115 e. The van der Waals surface area contributed by atoms with Crippen LogP contribution in [0.1, 0.15) is 32.8 Å². The molecule has 0 aromatic carbocycles. The summed E-state index contributed by atoms with van der Waals surface area (Å²) in [6, 6.07) is 0. The van der Waals surface area contributed by atoms with E-state index in [1.54, 1.807) is 12.4 Å². The second-order valence-corrected chi connectivity index (χ2v) is 5.71. The van der Waals surface area contributed by atoms with E-state index in [1.807, 2.05) is 6.92 Å². The van der Waals surface area contributed by atoms with Crippen molar-refractivity contribution in [1.82, 2.24) is 15.3 Å². The average molecular weight is 265 g/mol. The van der Waals surface area contributed by atoms with Gasteiger partial charge in [-0.25, -0.2) is 9.97 Å². The van der Waals surface area contributed by atoms with Gasteiger partial charge in [0.2, 0.25) is 0 Å². The number of nitrogens with one attached hydrogen (secondary N) is 1. The first-order valence-corrected chi connectivity index (χ1v) is 6.77. The van der Waals surface area contributed by atoms with Crippen LogP contribution in [-0.2, 0) is 11.3 Å². The van der Waals surface area contributed by atoms with Crippen molar-refractivity contribution in [3.63, 3.8) is 0 Å². The van der Waals surface area contributed by atoms with Gasteiger partial charge in [-0.2, -0.15) is 0 Å². The van der Waals surface area contributed by atoms with Crippen LogP contribution in [0.5, 0.6) is 0 Å². The predicted octanol–water partition coefficient (Wildman–Crippen LogP) is 1.13. The van der Waals surface area contributed by atoms with Crippen LogP contribution in [0.4, 0.5) is 0 Å². The first-order chi connectivity index (χ1) is 9.05. The standard InChI is InChI=1S/C14H23N3O2/c1-4-19-12-5-14(9-18,13(12,2)3)17-8-11-6-15-10-16-7-11/h6-7,10,12,17-18H,4-5,8-9H2,1-3H3/t12-,14+/m0/s1. The quantitative estimate of drug-likeness (QED) is 0.807. The second-order valence-electron chi connectivity index (χ2n) is 5.71. The van der Waals surface area contributed by atoms with Crippen molar-refractivity contribution in [2.24, 2.45) is 5.41 Å². The van der Waals surface area contributed by atoms with Gasteiger partial charge < -0.3 is 15.2 Å². The molecule has 1 aliphatic rings. The van der Waals surface area contributed by atoms with E-state index in [9.17, 15) is 5.11 Å². The van der Waals surface area contributed by atoms with E-state index < -0.39 is 0 Å². The Labute approximate surface area is 114 Å². The van der Waals surface area contributed by atoms with Crippen LogP contribution in [0.15, 0.2) is 18.7 Å². The summed E-state index contributed by atoms with van der Waals surface area (Å²) in [6.07, 6.45) is 6.12. The lowest BCUT2D eigenvalue weighted by Crippen LogP contribution is -2.73. The molecule has 0 radical (unpaired) electrons. The lowest BCUT2D eigenvalue weighted by Gasteiger charge is -2.60. The van der Waals surface area contributed by atoms with Crippen molar-refractivity contribution in [3.8, 4) is 0 Å². The minimum Gasteiger partial charge on any atom is -0.394 e. The molecular weight excluding hydrogens is 242 g/mol. The number of rotatable bonds is 6. The molecule has 1 aromatic rings. The van der Waals surface area contributed by atoms with E-state index in [-0.39, 0.29) is 23.7 Å². The number of aliphatic hydroxyl groups is 1. The molecule has 1 heterocycles. The van der Waals surface area contributed by atoms with Crippen molar-refractivity contribution < 1.29 is 9.84 Å². The minimum atomic E-state index is -0.289. The third-order valence-electron chi connectivity index (χ3n) is 4.45. The van der Waals surface area contributed by atoms with Crippen LogP contribution < -0.4 is 5.32 Å². The maximum Gasteiger partial charge on any atom is 0.115 e. The molecule has 0 saturated heterocycles. The molecule has 1 aromatic heterocycles. The highest BCUT2D eigenvalue weighted by molar-refractivity contribution is 5.16. The number of nitrogens with zero attached hydrogens (tertiary/aromatic N) is 2. The Bertz CT molecular complexity index is 410. The van der Waals surface area contributed by atoms with E-state index in [4.69, 9.17) is 4.74 Å². The molecule has 0 aliphatic heterocycles. The van der Waals surface area contributed by atoms with Gasteiger partial charge in [0.15, 0.2) is 0 Å². The van der Waals surface area contributed by atoms with Crippen LogP contribution in [0.2, 0.25) is 0 Å². The molecule has 5 nitrogen and oxygen atoms in total. The Morgan fingerprint density at radius 1 is 1.42 bits per heavy atom. The molecule has 2 atom stereocenters. The van der Waals surface area contributed by atoms with Crippen LogP contribution in [0, 0.1) is 5.41 Å². The van der Waals surface area contributed by atoms with Gasteiger partial charge in [-0.05, 0) is 13.3 Å². The van der Waals surface area contributed by atoms with Crippen molar-refractivity contribution in [2.45, 2.75) is 45.4 Å². The van der Waals surface area contributed by atoms with E-state index in [0.717, 1.165) is 12.0 Å². The van der Waals surface area contributed by atoms with Gasteiger partial charge in [-0.1, -0.05) is 13.8 Å². The summed E-state index contributed by atoms with van der Waals surface area (Å²) in [5.74, 6) is 0. The van der Waals surface area contributed by atoms with Gasteiger partial charge in [0.05, 0.1) is 18.2 Å². The van der Waals surface area contributed by atoms with Crippen LogP contribution in [-0.4, -0.2) is 39.9 Å². The molecule has 2 N–H and O–H groups in total. The Balaban J connectivity index is 2.01. The first-order valence-electron chi connectivity index (χ1n) is 6.77. The number of aromatic nitrogens is 2. The van der Waals surface area contributed by atoms with Gasteiger partial charge in [0.25, 0.3) is 0 Å². The zero-order chi connectivity index (χ0) is 13.9. The van der Waals surface area contributed by atoms with Crippen LogP contribution in [0.3, 0.4) is 0 Å². The zero-order valence-electron chi connectivity index (χ0n) is 11.9. The zero-order valence-corrected chi connectivity index (χ0v) is 11.9. The van der Waals surface area contributed by atoms with E-state index in [2.05, 4.69) is 29.1 Å². The number of ether oxygens (including phenoxy) is 1. The summed E-state index contributed by atoms with van der Waals surface area (Å²) in [5, 5.41) is 13.3. The summed E-state index contributed by atoms with van der Waals surface area (Å²) < 4.78 is 5.73. The highest BCUT2D eigenvalue weighted by Crippen LogP contribution is 2.51. The maximum absolute atomic E-state index is 9.79. The Kier molecular flexibility index (Phi) is 4.18. The number of aliphatic hydroxyl groups excluding tert-OH is 1. The highest BCUT2D eigenvalue weighted by Gasteiger charge is 2.60. The largest absolute Gasteiger partial charge is 0.394 e. The average Bonchev–Trinajstić information content (AvgIpc) is 2.43. The lowest BCUT2D eigenvalue weighted by molar-refractivity contribution is -0.177. The van der Waals surface area contributed by atoms with Crippen molar-refractivity contribution in [2.75, 3.05) is 13.2 Å².